The molecule has 120 valence electrons. The van der Waals surface area contributed by atoms with E-state index in [2.05, 4.69) is 17.6 Å². The molecule has 0 aromatic rings. The van der Waals surface area contributed by atoms with Crippen LogP contribution in [0.25, 0.3) is 0 Å². The van der Waals surface area contributed by atoms with E-state index in [9.17, 15) is 4.79 Å². The molecular weight excluding hydrogens is 264 g/mol. The monoisotopic (exact) mass is 294 g/mol. The van der Waals surface area contributed by atoms with Crippen LogP contribution in [-0.4, -0.2) is 30.8 Å². The standard InChI is InChI=1S/C17H30N2O2/c1-2-12-5-3-4-6-15(12)19-17(20)18-14-9-10-21-16(11-14)13-7-8-13/h12-16H,2-11H2,1H3,(H2,18,19,20). The van der Waals surface area contributed by atoms with E-state index in [4.69, 9.17) is 4.74 Å². The molecule has 1 heterocycles. The number of amides is 2. The molecule has 21 heavy (non-hydrogen) atoms. The quantitative estimate of drug-likeness (QED) is 0.836. The Morgan fingerprint density at radius 1 is 1.10 bits per heavy atom. The highest BCUT2D eigenvalue weighted by atomic mass is 16.5. The molecule has 0 bridgehead atoms. The number of hydrogen-bond donors (Lipinski definition) is 2. The van der Waals surface area contributed by atoms with Gasteiger partial charge in [0.05, 0.1) is 6.10 Å². The topological polar surface area (TPSA) is 50.4 Å². The van der Waals surface area contributed by atoms with E-state index < -0.39 is 0 Å². The van der Waals surface area contributed by atoms with E-state index in [-0.39, 0.29) is 6.03 Å². The Hall–Kier alpha value is -0.770. The molecule has 1 aliphatic heterocycles. The minimum atomic E-state index is 0.0433. The fourth-order valence-electron chi connectivity index (χ4n) is 4.04. The molecule has 0 aromatic heterocycles. The summed E-state index contributed by atoms with van der Waals surface area (Å²) in [5.74, 6) is 1.43. The van der Waals surface area contributed by atoms with E-state index in [1.807, 2.05) is 0 Å². The molecule has 2 saturated carbocycles. The van der Waals surface area contributed by atoms with Crippen LogP contribution in [0.3, 0.4) is 0 Å². The number of carbonyl (C=O) groups is 1. The van der Waals surface area contributed by atoms with Gasteiger partial charge >= 0.3 is 6.03 Å². The first-order valence-corrected chi connectivity index (χ1v) is 8.95. The second-order valence-corrected chi connectivity index (χ2v) is 7.15. The van der Waals surface area contributed by atoms with E-state index in [1.165, 1.54) is 38.5 Å². The maximum absolute atomic E-state index is 12.3. The molecule has 4 heteroatoms. The number of hydrogen-bond acceptors (Lipinski definition) is 2. The highest BCUT2D eigenvalue weighted by Gasteiger charge is 2.36. The number of nitrogens with one attached hydrogen (secondary N) is 2. The van der Waals surface area contributed by atoms with Crippen molar-refractivity contribution in [1.29, 1.82) is 0 Å². The van der Waals surface area contributed by atoms with Gasteiger partial charge in [0.15, 0.2) is 0 Å². The number of carbonyl (C=O) groups excluding carboxylic acids is 1. The molecule has 3 aliphatic rings. The second-order valence-electron chi connectivity index (χ2n) is 7.15. The largest absolute Gasteiger partial charge is 0.378 e. The zero-order valence-corrected chi connectivity index (χ0v) is 13.3. The van der Waals surface area contributed by atoms with Gasteiger partial charge in [0, 0.05) is 18.7 Å². The third-order valence-corrected chi connectivity index (χ3v) is 5.55. The Morgan fingerprint density at radius 3 is 2.67 bits per heavy atom. The number of ether oxygens (including phenoxy) is 1. The van der Waals surface area contributed by atoms with Gasteiger partial charge in [-0.15, -0.1) is 0 Å². The van der Waals surface area contributed by atoms with Gasteiger partial charge in [-0.1, -0.05) is 26.2 Å². The normalized spacial score (nSPS) is 37.0. The van der Waals surface area contributed by atoms with Crippen molar-refractivity contribution in [3.8, 4) is 0 Å². The lowest BCUT2D eigenvalue weighted by molar-refractivity contribution is -0.00924. The molecule has 0 aromatic carbocycles. The zero-order chi connectivity index (χ0) is 14.7. The second kappa shape index (κ2) is 6.99. The summed E-state index contributed by atoms with van der Waals surface area (Å²) in [7, 11) is 0. The Morgan fingerprint density at radius 2 is 1.90 bits per heavy atom. The van der Waals surface area contributed by atoms with Gasteiger partial charge in [0.1, 0.15) is 0 Å². The van der Waals surface area contributed by atoms with Crippen LogP contribution in [0.5, 0.6) is 0 Å². The van der Waals surface area contributed by atoms with Crippen LogP contribution >= 0.6 is 0 Å². The van der Waals surface area contributed by atoms with Crippen molar-refractivity contribution < 1.29 is 9.53 Å². The van der Waals surface area contributed by atoms with E-state index in [0.29, 0.717) is 24.1 Å². The maximum atomic E-state index is 12.3. The first-order valence-electron chi connectivity index (χ1n) is 8.95. The van der Waals surface area contributed by atoms with Crippen molar-refractivity contribution >= 4 is 6.03 Å². The summed E-state index contributed by atoms with van der Waals surface area (Å²) in [6.45, 7) is 3.04. The van der Waals surface area contributed by atoms with Gasteiger partial charge in [0.2, 0.25) is 0 Å². The SMILES string of the molecule is CCC1CCCCC1NC(=O)NC1CCOC(C2CC2)C1. The summed E-state index contributed by atoms with van der Waals surface area (Å²) in [6, 6.07) is 0.720. The third-order valence-electron chi connectivity index (χ3n) is 5.55. The Labute approximate surface area is 128 Å². The maximum Gasteiger partial charge on any atom is 0.315 e. The average molecular weight is 294 g/mol. The summed E-state index contributed by atoms with van der Waals surface area (Å²) in [5, 5.41) is 6.43. The lowest BCUT2D eigenvalue weighted by Crippen LogP contribution is -2.51. The van der Waals surface area contributed by atoms with Crippen LogP contribution in [0.1, 0.15) is 64.7 Å². The van der Waals surface area contributed by atoms with Gasteiger partial charge < -0.3 is 15.4 Å². The molecule has 4 atom stereocenters. The van der Waals surface area contributed by atoms with E-state index in [1.54, 1.807) is 0 Å². The fraction of sp³-hybridized carbons (Fsp3) is 0.941. The summed E-state index contributed by atoms with van der Waals surface area (Å²) < 4.78 is 5.83. The molecule has 4 nitrogen and oxygen atoms in total. The van der Waals surface area contributed by atoms with Gasteiger partial charge in [-0.3, -0.25) is 0 Å². The van der Waals surface area contributed by atoms with Crippen molar-refractivity contribution in [3.05, 3.63) is 0 Å². The first kappa shape index (κ1) is 15.1. The number of urea groups is 1. The smallest absolute Gasteiger partial charge is 0.315 e. The highest BCUT2D eigenvalue weighted by molar-refractivity contribution is 5.74. The summed E-state index contributed by atoms with van der Waals surface area (Å²) >= 11 is 0. The third kappa shape index (κ3) is 4.12. The van der Waals surface area contributed by atoms with Gasteiger partial charge in [-0.25, -0.2) is 4.79 Å². The molecule has 1 saturated heterocycles. The predicted octanol–water partition coefficient (Wildman–Crippen LogP) is 3.21. The van der Waals surface area contributed by atoms with Crippen molar-refractivity contribution in [1.82, 2.24) is 10.6 Å². The molecule has 2 amide bonds. The molecule has 3 rings (SSSR count). The Bertz CT molecular complexity index is 357. The zero-order valence-electron chi connectivity index (χ0n) is 13.3. The molecule has 0 radical (unpaired) electrons. The minimum Gasteiger partial charge on any atom is -0.378 e. The van der Waals surface area contributed by atoms with Gasteiger partial charge in [0.25, 0.3) is 0 Å². The van der Waals surface area contributed by atoms with Crippen LogP contribution in [0.4, 0.5) is 4.79 Å². The summed E-state index contributed by atoms with van der Waals surface area (Å²) in [5.41, 5.74) is 0. The Kier molecular flexibility index (Phi) is 5.04. The Balaban J connectivity index is 1.44. The minimum absolute atomic E-state index is 0.0433. The van der Waals surface area contributed by atoms with Crippen molar-refractivity contribution in [2.24, 2.45) is 11.8 Å². The van der Waals surface area contributed by atoms with Crippen molar-refractivity contribution in [3.63, 3.8) is 0 Å². The average Bonchev–Trinajstić information content (AvgIpc) is 3.32. The summed E-state index contributed by atoms with van der Waals surface area (Å²) in [4.78, 5) is 12.3. The van der Waals surface area contributed by atoms with E-state index in [0.717, 1.165) is 31.8 Å². The van der Waals surface area contributed by atoms with Crippen LogP contribution in [0.15, 0.2) is 0 Å². The number of rotatable bonds is 4. The molecule has 3 fully saturated rings. The first-order chi connectivity index (χ1) is 10.3. The molecular formula is C17H30N2O2. The van der Waals surface area contributed by atoms with Crippen LogP contribution in [0, 0.1) is 11.8 Å². The highest BCUT2D eigenvalue weighted by Crippen LogP contribution is 2.38. The van der Waals surface area contributed by atoms with Crippen LogP contribution in [-0.2, 0) is 4.74 Å². The van der Waals surface area contributed by atoms with Crippen LogP contribution < -0.4 is 10.6 Å². The molecule has 2 aliphatic carbocycles. The molecule has 2 N–H and O–H groups in total. The van der Waals surface area contributed by atoms with Gasteiger partial charge in [-0.2, -0.15) is 0 Å². The summed E-state index contributed by atoms with van der Waals surface area (Å²) in [6.07, 6.45) is 11.1. The van der Waals surface area contributed by atoms with Crippen molar-refractivity contribution in [2.75, 3.05) is 6.61 Å². The van der Waals surface area contributed by atoms with E-state index >= 15 is 0 Å². The molecule has 0 spiro atoms. The van der Waals surface area contributed by atoms with Crippen LogP contribution in [0.2, 0.25) is 0 Å². The fourth-order valence-corrected chi connectivity index (χ4v) is 4.04. The molecule has 4 unspecified atom stereocenters. The predicted molar refractivity (Wildman–Crippen MR) is 83.2 cm³/mol. The lowest BCUT2D eigenvalue weighted by Gasteiger charge is -2.34. The van der Waals surface area contributed by atoms with Gasteiger partial charge in [-0.05, 0) is 50.4 Å². The van der Waals surface area contributed by atoms with Crippen molar-refractivity contribution in [2.45, 2.75) is 82.9 Å². The lowest BCUT2D eigenvalue weighted by atomic mass is 9.83.